The zero-order valence-electron chi connectivity index (χ0n) is 9.31. The van der Waals surface area contributed by atoms with Gasteiger partial charge in [-0.25, -0.2) is 0 Å². The molecule has 1 heterocycles. The number of hydrogen-bond donors (Lipinski definition) is 1. The lowest BCUT2D eigenvalue weighted by Gasteiger charge is -2.16. The normalized spacial score (nSPS) is 12.5. The zero-order chi connectivity index (χ0) is 13.3. The maximum absolute atomic E-state index is 6.13. The van der Waals surface area contributed by atoms with Gasteiger partial charge in [0.25, 0.3) is 0 Å². The second-order valence-electron chi connectivity index (χ2n) is 3.77. The molecule has 0 radical (unpaired) electrons. The summed E-state index contributed by atoms with van der Waals surface area (Å²) >= 11 is 23.0. The van der Waals surface area contributed by atoms with Crippen LogP contribution in [0, 0.1) is 0 Å². The van der Waals surface area contributed by atoms with Crippen LogP contribution >= 0.6 is 62.1 Å². The summed E-state index contributed by atoms with van der Waals surface area (Å²) in [6.07, 6.45) is 0. The van der Waals surface area contributed by atoms with Crippen molar-refractivity contribution >= 4 is 67.8 Å². The van der Waals surface area contributed by atoms with Gasteiger partial charge in [-0.2, -0.15) is 0 Å². The average molecular weight is 386 g/mol. The van der Waals surface area contributed by atoms with Crippen LogP contribution in [0.2, 0.25) is 13.7 Å². The molecule has 2 rings (SSSR count). The van der Waals surface area contributed by atoms with E-state index in [0.717, 1.165) is 15.7 Å². The Bertz CT molecular complexity index is 570. The van der Waals surface area contributed by atoms with Crippen molar-refractivity contribution in [1.29, 1.82) is 0 Å². The molecule has 0 aliphatic heterocycles. The lowest BCUT2D eigenvalue weighted by molar-refractivity contribution is 0.891. The molecule has 0 spiro atoms. The highest BCUT2D eigenvalue weighted by Gasteiger charge is 2.14. The molecule has 0 aliphatic carbocycles. The largest absolute Gasteiger partial charge is 0.377 e. The smallest absolute Gasteiger partial charge is 0.0996 e. The summed E-state index contributed by atoms with van der Waals surface area (Å²) in [6.45, 7) is 2.02. The summed E-state index contributed by atoms with van der Waals surface area (Å²) in [7, 11) is 0. The van der Waals surface area contributed by atoms with Gasteiger partial charge in [-0.15, -0.1) is 11.3 Å². The van der Waals surface area contributed by atoms with Crippen molar-refractivity contribution in [1.82, 2.24) is 0 Å². The molecule has 0 bridgehead atoms. The quantitative estimate of drug-likeness (QED) is 0.624. The van der Waals surface area contributed by atoms with Crippen LogP contribution in [0.1, 0.15) is 18.5 Å². The van der Waals surface area contributed by atoms with Crippen molar-refractivity contribution in [2.75, 3.05) is 5.32 Å². The van der Waals surface area contributed by atoms with Crippen LogP contribution in [0.3, 0.4) is 0 Å². The third-order valence-corrected chi connectivity index (χ3v) is 4.79. The van der Waals surface area contributed by atoms with Gasteiger partial charge in [0.1, 0.15) is 0 Å². The number of hydrogen-bond acceptors (Lipinski definition) is 2. The highest BCUT2D eigenvalue weighted by atomic mass is 79.9. The molecule has 2 aromatic rings. The molecule has 6 heteroatoms. The molecule has 0 aliphatic rings. The van der Waals surface area contributed by atoms with Gasteiger partial charge >= 0.3 is 0 Å². The van der Waals surface area contributed by atoms with Gasteiger partial charge in [-0.1, -0.05) is 50.7 Å². The first-order valence-corrected chi connectivity index (χ1v) is 7.88. The van der Waals surface area contributed by atoms with Crippen LogP contribution < -0.4 is 5.32 Å². The highest BCUT2D eigenvalue weighted by molar-refractivity contribution is 9.10. The van der Waals surface area contributed by atoms with Gasteiger partial charge in [0.2, 0.25) is 0 Å². The topological polar surface area (TPSA) is 12.0 Å². The van der Waals surface area contributed by atoms with E-state index in [1.807, 2.05) is 31.2 Å². The number of halogens is 4. The van der Waals surface area contributed by atoms with E-state index in [0.29, 0.717) is 13.7 Å². The van der Waals surface area contributed by atoms with E-state index in [9.17, 15) is 0 Å². The fourth-order valence-electron chi connectivity index (χ4n) is 1.57. The molecular weight excluding hydrogens is 376 g/mol. The van der Waals surface area contributed by atoms with Gasteiger partial charge in [-0.3, -0.25) is 0 Å². The Kier molecular flexibility index (Phi) is 4.84. The first-order valence-electron chi connectivity index (χ1n) is 5.13. The Morgan fingerprint density at radius 1 is 1.22 bits per heavy atom. The van der Waals surface area contributed by atoms with Crippen LogP contribution in [0.25, 0.3) is 0 Å². The van der Waals surface area contributed by atoms with Crippen molar-refractivity contribution in [2.45, 2.75) is 13.0 Å². The summed E-state index contributed by atoms with van der Waals surface area (Å²) in [4.78, 5) is 0. The summed E-state index contributed by atoms with van der Waals surface area (Å²) in [6, 6.07) is 7.57. The first-order chi connectivity index (χ1) is 8.47. The minimum absolute atomic E-state index is 0.0352. The SMILES string of the molecule is CC(Nc1cc(Br)ccc1Cl)c1cc(Cl)sc1Cl. The molecule has 1 atom stereocenters. The molecule has 96 valence electrons. The average Bonchev–Trinajstić information content (AvgIpc) is 2.63. The van der Waals surface area contributed by atoms with E-state index in [2.05, 4.69) is 21.2 Å². The van der Waals surface area contributed by atoms with Crippen molar-refractivity contribution < 1.29 is 0 Å². The van der Waals surface area contributed by atoms with Crippen LogP contribution in [-0.4, -0.2) is 0 Å². The summed E-state index contributed by atoms with van der Waals surface area (Å²) in [5.74, 6) is 0. The molecule has 1 N–H and O–H groups in total. The number of thiophene rings is 1. The number of rotatable bonds is 3. The summed E-state index contributed by atoms with van der Waals surface area (Å²) in [5.41, 5.74) is 1.83. The maximum Gasteiger partial charge on any atom is 0.0996 e. The van der Waals surface area contributed by atoms with E-state index in [-0.39, 0.29) is 6.04 Å². The first kappa shape index (κ1) is 14.5. The Morgan fingerprint density at radius 3 is 2.56 bits per heavy atom. The van der Waals surface area contributed by atoms with Crippen LogP contribution in [0.15, 0.2) is 28.7 Å². The van der Waals surface area contributed by atoms with Gasteiger partial charge in [-0.05, 0) is 31.2 Å². The molecule has 1 aromatic carbocycles. The number of anilines is 1. The van der Waals surface area contributed by atoms with Gasteiger partial charge in [0, 0.05) is 10.0 Å². The molecule has 1 nitrogen and oxygen atoms in total. The second-order valence-corrected chi connectivity index (χ2v) is 7.38. The molecule has 18 heavy (non-hydrogen) atoms. The van der Waals surface area contributed by atoms with E-state index in [4.69, 9.17) is 34.8 Å². The summed E-state index contributed by atoms with van der Waals surface area (Å²) < 4.78 is 2.35. The lowest BCUT2D eigenvalue weighted by atomic mass is 10.1. The molecule has 0 saturated carbocycles. The Balaban J connectivity index is 2.23. The van der Waals surface area contributed by atoms with Gasteiger partial charge in [0.05, 0.1) is 25.4 Å². The van der Waals surface area contributed by atoms with Crippen LogP contribution in [-0.2, 0) is 0 Å². The van der Waals surface area contributed by atoms with E-state index in [1.165, 1.54) is 11.3 Å². The minimum Gasteiger partial charge on any atom is -0.377 e. The standard InChI is InChI=1S/C12H9BrCl3NS/c1-6(8-5-11(15)18-12(8)16)17-10-4-7(13)2-3-9(10)14/h2-6,17H,1H3. The fraction of sp³-hybridized carbons (Fsp3) is 0.167. The van der Waals surface area contributed by atoms with Crippen molar-refractivity contribution in [3.8, 4) is 0 Å². The molecule has 1 aromatic heterocycles. The lowest BCUT2D eigenvalue weighted by Crippen LogP contribution is -2.06. The predicted molar refractivity (Wildman–Crippen MR) is 85.5 cm³/mol. The minimum atomic E-state index is 0.0352. The zero-order valence-corrected chi connectivity index (χ0v) is 14.0. The van der Waals surface area contributed by atoms with Crippen molar-refractivity contribution in [3.05, 3.63) is 48.0 Å². The molecule has 1 unspecified atom stereocenters. The van der Waals surface area contributed by atoms with Gasteiger partial charge in [0.15, 0.2) is 0 Å². The van der Waals surface area contributed by atoms with Crippen LogP contribution in [0.4, 0.5) is 5.69 Å². The Hall–Kier alpha value is 0.0700. The predicted octanol–water partition coefficient (Wildman–Crippen LogP) is 6.64. The van der Waals surface area contributed by atoms with Crippen molar-refractivity contribution in [2.24, 2.45) is 0 Å². The highest BCUT2D eigenvalue weighted by Crippen LogP contribution is 2.37. The third-order valence-electron chi connectivity index (χ3n) is 2.45. The van der Waals surface area contributed by atoms with Gasteiger partial charge < -0.3 is 5.32 Å². The Morgan fingerprint density at radius 2 is 1.94 bits per heavy atom. The fourth-order valence-corrected chi connectivity index (χ4v) is 3.75. The molecular formula is C12H9BrCl3NS. The van der Waals surface area contributed by atoms with E-state index >= 15 is 0 Å². The summed E-state index contributed by atoms with van der Waals surface area (Å²) in [5, 5.41) is 3.99. The van der Waals surface area contributed by atoms with E-state index in [1.54, 1.807) is 0 Å². The monoisotopic (exact) mass is 383 g/mol. The number of benzene rings is 1. The second kappa shape index (κ2) is 6.02. The van der Waals surface area contributed by atoms with Crippen molar-refractivity contribution in [3.63, 3.8) is 0 Å². The number of nitrogens with one attached hydrogen (secondary N) is 1. The third kappa shape index (κ3) is 3.34. The van der Waals surface area contributed by atoms with E-state index < -0.39 is 0 Å². The molecule has 0 amide bonds. The van der Waals surface area contributed by atoms with Crippen LogP contribution in [0.5, 0.6) is 0 Å². The molecule has 0 saturated heterocycles. The Labute approximate surface area is 133 Å². The maximum atomic E-state index is 6.13. The molecule has 0 fully saturated rings.